The number of carbonyl (C=O) groups is 2. The number of halogens is 1. The number of fused-ring (bicyclic) bond motifs is 1. The van der Waals surface area contributed by atoms with Crippen molar-refractivity contribution >= 4 is 29.1 Å². The molecule has 2 aromatic rings. The average molecular weight is 490 g/mol. The number of rotatable bonds is 9. The number of hydrogen-bond acceptors (Lipinski definition) is 6. The van der Waals surface area contributed by atoms with Crippen molar-refractivity contribution in [3.05, 3.63) is 62.2 Å². The van der Waals surface area contributed by atoms with Crippen LogP contribution in [0, 0.1) is 16.0 Å². The van der Waals surface area contributed by atoms with Gasteiger partial charge in [0.15, 0.2) is 0 Å². The third-order valence-electron chi connectivity index (χ3n) is 5.48. The maximum Gasteiger partial charge on any atom is 0.270 e. The van der Waals surface area contributed by atoms with E-state index in [1.54, 1.807) is 13.8 Å². The van der Waals surface area contributed by atoms with Crippen LogP contribution in [0.25, 0.3) is 0 Å². The van der Waals surface area contributed by atoms with Gasteiger partial charge in [-0.3, -0.25) is 19.7 Å². The van der Waals surface area contributed by atoms with E-state index in [1.165, 1.54) is 12.1 Å². The minimum absolute atomic E-state index is 0.0502. The van der Waals surface area contributed by atoms with E-state index in [0.717, 1.165) is 29.4 Å². The summed E-state index contributed by atoms with van der Waals surface area (Å²) < 4.78 is 11.6. The van der Waals surface area contributed by atoms with Crippen molar-refractivity contribution in [2.45, 2.75) is 52.8 Å². The molecule has 0 saturated carbocycles. The third kappa shape index (κ3) is 5.77. The number of amides is 2. The molecule has 0 aliphatic carbocycles. The maximum atomic E-state index is 13.0. The fraction of sp³-hybridized carbons (Fsp3) is 0.417. The minimum Gasteiger partial charge on any atom is -0.494 e. The van der Waals surface area contributed by atoms with E-state index in [2.05, 4.69) is 10.6 Å². The van der Waals surface area contributed by atoms with E-state index in [-0.39, 0.29) is 40.7 Å². The Hall–Kier alpha value is -3.33. The third-order valence-corrected chi connectivity index (χ3v) is 5.79. The first kappa shape index (κ1) is 25.3. The number of ether oxygens (including phenoxy) is 2. The lowest BCUT2D eigenvalue weighted by Crippen LogP contribution is -2.49. The molecule has 2 N–H and O–H groups in total. The zero-order chi connectivity index (χ0) is 25.0. The van der Waals surface area contributed by atoms with Gasteiger partial charge < -0.3 is 20.1 Å². The summed E-state index contributed by atoms with van der Waals surface area (Å²) in [6.07, 6.45) is 0.885. The molecule has 34 heavy (non-hydrogen) atoms. The standard InChI is InChI=1S/C24H28ClN3O6/c1-5-33-20-9-15-8-14(4)34-21(15)10-16(20)12-26-24(30)22(13(2)3)27-23(29)18-7-6-17(28(31)32)11-19(18)25/h6-7,9-11,13-14,22H,5,8,12H2,1-4H3,(H,26,30)(H,27,29)/t14-,22-/m1/s1. The minimum atomic E-state index is -0.847. The first-order valence-corrected chi connectivity index (χ1v) is 11.5. The van der Waals surface area contributed by atoms with Gasteiger partial charge in [-0.2, -0.15) is 0 Å². The van der Waals surface area contributed by atoms with Crippen LogP contribution in [0.15, 0.2) is 30.3 Å². The van der Waals surface area contributed by atoms with Crippen LogP contribution < -0.4 is 20.1 Å². The molecule has 9 nitrogen and oxygen atoms in total. The second-order valence-corrected chi connectivity index (χ2v) is 8.87. The van der Waals surface area contributed by atoms with Gasteiger partial charge in [-0.1, -0.05) is 25.4 Å². The second kappa shape index (κ2) is 10.7. The summed E-state index contributed by atoms with van der Waals surface area (Å²) >= 11 is 6.06. The van der Waals surface area contributed by atoms with Gasteiger partial charge in [-0.15, -0.1) is 0 Å². The monoisotopic (exact) mass is 489 g/mol. The quantitative estimate of drug-likeness (QED) is 0.405. The van der Waals surface area contributed by atoms with Crippen molar-refractivity contribution in [2.24, 2.45) is 5.92 Å². The highest BCUT2D eigenvalue weighted by molar-refractivity contribution is 6.34. The molecular weight excluding hydrogens is 462 g/mol. The highest BCUT2D eigenvalue weighted by Gasteiger charge is 2.27. The van der Waals surface area contributed by atoms with Crippen LogP contribution in [-0.2, 0) is 17.8 Å². The van der Waals surface area contributed by atoms with Gasteiger partial charge in [0.25, 0.3) is 11.6 Å². The van der Waals surface area contributed by atoms with Crippen molar-refractivity contribution < 1.29 is 24.0 Å². The lowest BCUT2D eigenvalue weighted by Gasteiger charge is -2.22. The Morgan fingerprint density at radius 1 is 1.29 bits per heavy atom. The van der Waals surface area contributed by atoms with Crippen LogP contribution in [-0.4, -0.2) is 35.5 Å². The molecule has 0 fully saturated rings. The number of nitrogens with one attached hydrogen (secondary N) is 2. The highest BCUT2D eigenvalue weighted by atomic mass is 35.5. The van der Waals surface area contributed by atoms with Gasteiger partial charge in [-0.25, -0.2) is 0 Å². The fourth-order valence-electron chi connectivity index (χ4n) is 3.76. The van der Waals surface area contributed by atoms with Crippen molar-refractivity contribution in [1.82, 2.24) is 10.6 Å². The molecule has 1 aliphatic rings. The van der Waals surface area contributed by atoms with Crippen LogP contribution in [0.1, 0.15) is 49.2 Å². The zero-order valence-corrected chi connectivity index (χ0v) is 20.3. The molecule has 0 aromatic heterocycles. The van der Waals surface area contributed by atoms with Crippen LogP contribution in [0.4, 0.5) is 5.69 Å². The summed E-state index contributed by atoms with van der Waals surface area (Å²) in [4.78, 5) is 36.0. The molecule has 2 atom stereocenters. The number of nitrogens with zero attached hydrogens (tertiary/aromatic N) is 1. The Labute approximate surface area is 202 Å². The van der Waals surface area contributed by atoms with Crippen molar-refractivity contribution in [1.29, 1.82) is 0 Å². The number of nitro benzene ring substituents is 1. The summed E-state index contributed by atoms with van der Waals surface area (Å²) in [6.45, 7) is 8.17. The van der Waals surface area contributed by atoms with Gasteiger partial charge >= 0.3 is 0 Å². The van der Waals surface area contributed by atoms with Crippen molar-refractivity contribution in [3.8, 4) is 11.5 Å². The molecule has 0 spiro atoms. The van der Waals surface area contributed by atoms with Crippen molar-refractivity contribution in [2.75, 3.05) is 6.61 Å². The van der Waals surface area contributed by atoms with Gasteiger partial charge in [0.2, 0.25) is 5.91 Å². The fourth-order valence-corrected chi connectivity index (χ4v) is 4.02. The van der Waals surface area contributed by atoms with E-state index < -0.39 is 16.9 Å². The Bertz CT molecular complexity index is 1100. The zero-order valence-electron chi connectivity index (χ0n) is 19.5. The Morgan fingerprint density at radius 2 is 2.03 bits per heavy atom. The average Bonchev–Trinajstić information content (AvgIpc) is 3.14. The summed E-state index contributed by atoms with van der Waals surface area (Å²) in [5.74, 6) is 0.266. The van der Waals surface area contributed by atoms with Crippen LogP contribution in [0.5, 0.6) is 11.5 Å². The lowest BCUT2D eigenvalue weighted by molar-refractivity contribution is -0.384. The normalized spacial score (nSPS) is 15.3. The number of hydrogen-bond donors (Lipinski definition) is 2. The predicted molar refractivity (Wildman–Crippen MR) is 127 cm³/mol. The Balaban J connectivity index is 1.72. The van der Waals surface area contributed by atoms with Crippen LogP contribution >= 0.6 is 11.6 Å². The summed E-state index contributed by atoms with van der Waals surface area (Å²) in [5.41, 5.74) is 1.67. The highest BCUT2D eigenvalue weighted by Crippen LogP contribution is 2.35. The van der Waals surface area contributed by atoms with E-state index >= 15 is 0 Å². The van der Waals surface area contributed by atoms with Gasteiger partial charge in [0, 0.05) is 36.2 Å². The molecule has 0 unspecified atom stereocenters. The molecule has 10 heteroatoms. The molecule has 2 amide bonds. The number of non-ortho nitro benzene ring substituents is 1. The smallest absolute Gasteiger partial charge is 0.270 e. The molecule has 182 valence electrons. The van der Waals surface area contributed by atoms with E-state index in [0.29, 0.717) is 12.4 Å². The Morgan fingerprint density at radius 3 is 2.65 bits per heavy atom. The van der Waals surface area contributed by atoms with Gasteiger partial charge in [0.1, 0.15) is 23.6 Å². The molecule has 1 aliphatic heterocycles. The second-order valence-electron chi connectivity index (χ2n) is 8.47. The maximum absolute atomic E-state index is 13.0. The van der Waals surface area contributed by atoms with E-state index in [4.69, 9.17) is 21.1 Å². The number of carbonyl (C=O) groups excluding carboxylic acids is 2. The molecule has 0 radical (unpaired) electrons. The topological polar surface area (TPSA) is 120 Å². The molecule has 1 heterocycles. The van der Waals surface area contributed by atoms with Crippen molar-refractivity contribution in [3.63, 3.8) is 0 Å². The van der Waals surface area contributed by atoms with Crippen LogP contribution in [0.2, 0.25) is 5.02 Å². The molecular formula is C24H28ClN3O6. The molecule has 0 bridgehead atoms. The van der Waals surface area contributed by atoms with Gasteiger partial charge in [-0.05, 0) is 38.0 Å². The van der Waals surface area contributed by atoms with Crippen LogP contribution in [0.3, 0.4) is 0 Å². The molecule has 0 saturated heterocycles. The van der Waals surface area contributed by atoms with E-state index in [9.17, 15) is 19.7 Å². The van der Waals surface area contributed by atoms with Gasteiger partial charge in [0.05, 0.1) is 22.1 Å². The summed E-state index contributed by atoms with van der Waals surface area (Å²) in [5, 5.41) is 16.4. The first-order chi connectivity index (χ1) is 16.1. The molecule has 3 rings (SSSR count). The lowest BCUT2D eigenvalue weighted by atomic mass is 10.0. The number of nitro groups is 1. The first-order valence-electron chi connectivity index (χ1n) is 11.1. The van der Waals surface area contributed by atoms with E-state index in [1.807, 2.05) is 26.0 Å². The predicted octanol–water partition coefficient (Wildman–Crippen LogP) is 4.04. The largest absolute Gasteiger partial charge is 0.494 e. The number of benzene rings is 2. The Kier molecular flexibility index (Phi) is 7.98. The molecule has 2 aromatic carbocycles. The SMILES string of the molecule is CCOc1cc2c(cc1CNC(=O)[C@H](NC(=O)c1ccc([N+](=O)[O-])cc1Cl)C(C)C)O[C@H](C)C2. The summed E-state index contributed by atoms with van der Waals surface area (Å²) in [6, 6.07) is 6.54. The summed E-state index contributed by atoms with van der Waals surface area (Å²) in [7, 11) is 0.